The molecule has 0 spiro atoms. The van der Waals surface area contributed by atoms with Gasteiger partial charge in [0.15, 0.2) is 0 Å². The largest absolute Gasteiger partial charge is 0.465 e. The molecular weight excluding hydrogens is 480 g/mol. The fraction of sp³-hybridized carbons (Fsp3) is 0.375. The van der Waals surface area contributed by atoms with Crippen LogP contribution in [0.5, 0.6) is 0 Å². The Morgan fingerprint density at radius 1 is 0.667 bits per heavy atom. The van der Waals surface area contributed by atoms with Gasteiger partial charge in [-0.25, -0.2) is 24.0 Å². The van der Waals surface area contributed by atoms with Crippen molar-refractivity contribution < 1.29 is 57.9 Å². The van der Waals surface area contributed by atoms with Gasteiger partial charge in [-0.1, -0.05) is 13.2 Å². The molecule has 12 nitrogen and oxygen atoms in total. The van der Waals surface area contributed by atoms with Crippen LogP contribution in [0.1, 0.15) is 44.9 Å². The van der Waals surface area contributed by atoms with Crippen LogP contribution in [-0.2, 0) is 33.3 Å². The third kappa shape index (κ3) is 10.1. The standard InChI is InChI=1S/C24H28O12/c1-13(2)20(27)33-9-18(25)11-35-23(30)16-6-15(22(29)32-5)7-17(8-16)24(31)36-12-19(26)10-34-21(28)14(3)4/h6-8,18-19,25-26H,1,3,9-12H2,2,4-5H3. The molecule has 0 fully saturated rings. The third-order valence-electron chi connectivity index (χ3n) is 4.15. The van der Waals surface area contributed by atoms with E-state index < -0.39 is 68.5 Å². The summed E-state index contributed by atoms with van der Waals surface area (Å²) in [6, 6.07) is 3.27. The summed E-state index contributed by atoms with van der Waals surface area (Å²) >= 11 is 0. The fourth-order valence-electron chi connectivity index (χ4n) is 2.30. The molecule has 36 heavy (non-hydrogen) atoms. The average Bonchev–Trinajstić information content (AvgIpc) is 2.86. The fourth-order valence-corrected chi connectivity index (χ4v) is 2.30. The lowest BCUT2D eigenvalue weighted by Gasteiger charge is -2.14. The van der Waals surface area contributed by atoms with E-state index in [0.29, 0.717) is 0 Å². The lowest BCUT2D eigenvalue weighted by molar-refractivity contribution is -0.143. The summed E-state index contributed by atoms with van der Waals surface area (Å²) in [7, 11) is 1.09. The van der Waals surface area contributed by atoms with E-state index in [4.69, 9.17) is 18.9 Å². The topological polar surface area (TPSA) is 172 Å². The highest BCUT2D eigenvalue weighted by Gasteiger charge is 2.21. The number of esters is 5. The van der Waals surface area contributed by atoms with E-state index in [9.17, 15) is 34.2 Å². The Hall–Kier alpha value is -4.03. The molecule has 0 aromatic heterocycles. The van der Waals surface area contributed by atoms with E-state index in [1.54, 1.807) is 0 Å². The molecule has 1 rings (SSSR count). The van der Waals surface area contributed by atoms with Gasteiger partial charge in [-0.3, -0.25) is 0 Å². The molecule has 0 amide bonds. The summed E-state index contributed by atoms with van der Waals surface area (Å²) in [5, 5.41) is 19.7. The van der Waals surface area contributed by atoms with Crippen LogP contribution in [0.15, 0.2) is 42.5 Å². The molecule has 1 aromatic carbocycles. The SMILES string of the molecule is C=C(C)C(=O)OCC(O)COC(=O)c1cc(C(=O)OC)cc(C(=O)OCC(O)COC(=O)C(=C)C)c1. The van der Waals surface area contributed by atoms with Gasteiger partial charge in [-0.15, -0.1) is 0 Å². The van der Waals surface area contributed by atoms with Crippen LogP contribution >= 0.6 is 0 Å². The zero-order valence-corrected chi connectivity index (χ0v) is 20.1. The molecule has 0 saturated heterocycles. The minimum Gasteiger partial charge on any atom is -0.465 e. The van der Waals surface area contributed by atoms with Crippen LogP contribution in [0.25, 0.3) is 0 Å². The number of hydrogen-bond donors (Lipinski definition) is 2. The number of hydrogen-bond acceptors (Lipinski definition) is 12. The molecule has 1 aromatic rings. The summed E-state index contributed by atoms with van der Waals surface area (Å²) in [6.45, 7) is 7.60. The molecule has 0 radical (unpaired) electrons. The second-order valence-corrected chi connectivity index (χ2v) is 7.55. The van der Waals surface area contributed by atoms with Crippen LogP contribution < -0.4 is 0 Å². The second kappa shape index (κ2) is 14.4. The number of ether oxygens (including phenoxy) is 5. The summed E-state index contributed by atoms with van der Waals surface area (Å²) in [6.07, 6.45) is -2.68. The molecule has 2 atom stereocenters. The predicted molar refractivity (Wildman–Crippen MR) is 122 cm³/mol. The Balaban J connectivity index is 2.85. The third-order valence-corrected chi connectivity index (χ3v) is 4.15. The van der Waals surface area contributed by atoms with Crippen molar-refractivity contribution in [2.24, 2.45) is 0 Å². The number of rotatable bonds is 13. The molecule has 2 unspecified atom stereocenters. The van der Waals surface area contributed by atoms with Crippen LogP contribution in [0.2, 0.25) is 0 Å². The van der Waals surface area contributed by atoms with Crippen molar-refractivity contribution in [3.63, 3.8) is 0 Å². The summed E-state index contributed by atoms with van der Waals surface area (Å²) in [5.74, 6) is -4.34. The van der Waals surface area contributed by atoms with Crippen LogP contribution in [0.3, 0.4) is 0 Å². The summed E-state index contributed by atoms with van der Waals surface area (Å²) in [5.41, 5.74) is -0.415. The summed E-state index contributed by atoms with van der Waals surface area (Å²) in [4.78, 5) is 59.6. The van der Waals surface area contributed by atoms with Crippen molar-refractivity contribution in [2.75, 3.05) is 33.5 Å². The minimum absolute atomic E-state index is 0.124. The van der Waals surface area contributed by atoms with Crippen molar-refractivity contribution in [1.29, 1.82) is 0 Å². The first-order valence-corrected chi connectivity index (χ1v) is 10.4. The maximum absolute atomic E-state index is 12.4. The Labute approximate surface area is 207 Å². The van der Waals surface area contributed by atoms with Crippen LogP contribution in [-0.4, -0.2) is 85.8 Å². The molecule has 0 bridgehead atoms. The van der Waals surface area contributed by atoms with Crippen molar-refractivity contribution in [3.8, 4) is 0 Å². The maximum Gasteiger partial charge on any atom is 0.338 e. The minimum atomic E-state index is -1.34. The monoisotopic (exact) mass is 508 g/mol. The van der Waals surface area contributed by atoms with Crippen molar-refractivity contribution in [1.82, 2.24) is 0 Å². The molecule has 0 aliphatic rings. The zero-order chi connectivity index (χ0) is 27.4. The van der Waals surface area contributed by atoms with E-state index in [0.717, 1.165) is 25.3 Å². The number of aliphatic hydroxyl groups is 2. The van der Waals surface area contributed by atoms with E-state index in [2.05, 4.69) is 17.9 Å². The molecule has 0 heterocycles. The maximum atomic E-state index is 12.4. The van der Waals surface area contributed by atoms with Gasteiger partial charge in [0.05, 0.1) is 23.8 Å². The first-order valence-electron chi connectivity index (χ1n) is 10.4. The first kappa shape index (κ1) is 30.0. The van der Waals surface area contributed by atoms with E-state index in [1.165, 1.54) is 13.8 Å². The van der Waals surface area contributed by atoms with Crippen LogP contribution in [0.4, 0.5) is 0 Å². The van der Waals surface area contributed by atoms with Gasteiger partial charge in [0, 0.05) is 11.1 Å². The van der Waals surface area contributed by atoms with Gasteiger partial charge >= 0.3 is 29.8 Å². The zero-order valence-electron chi connectivity index (χ0n) is 20.1. The van der Waals surface area contributed by atoms with Gasteiger partial charge in [-0.05, 0) is 32.0 Å². The highest BCUT2D eigenvalue weighted by atomic mass is 16.6. The normalized spacial score (nSPS) is 11.9. The molecule has 0 aliphatic carbocycles. The van der Waals surface area contributed by atoms with Gasteiger partial charge in [0.2, 0.25) is 0 Å². The molecule has 0 saturated carbocycles. The average molecular weight is 508 g/mol. The molecule has 12 heteroatoms. The Bertz CT molecular complexity index is 956. The summed E-state index contributed by atoms with van der Waals surface area (Å²) < 4.78 is 24.0. The number of aliphatic hydroxyl groups excluding tert-OH is 2. The van der Waals surface area contributed by atoms with Gasteiger partial charge in [0.1, 0.15) is 38.6 Å². The lowest BCUT2D eigenvalue weighted by Crippen LogP contribution is -2.26. The van der Waals surface area contributed by atoms with Gasteiger partial charge < -0.3 is 33.9 Å². The Kier molecular flexibility index (Phi) is 12.0. The van der Waals surface area contributed by atoms with Crippen molar-refractivity contribution >= 4 is 29.8 Å². The Morgan fingerprint density at radius 2 is 0.972 bits per heavy atom. The van der Waals surface area contributed by atoms with Gasteiger partial charge in [0.25, 0.3) is 0 Å². The van der Waals surface area contributed by atoms with E-state index >= 15 is 0 Å². The van der Waals surface area contributed by atoms with Crippen molar-refractivity contribution in [3.05, 3.63) is 59.2 Å². The smallest absolute Gasteiger partial charge is 0.338 e. The van der Waals surface area contributed by atoms with E-state index in [1.807, 2.05) is 0 Å². The van der Waals surface area contributed by atoms with E-state index in [-0.39, 0.29) is 27.8 Å². The van der Waals surface area contributed by atoms with Crippen LogP contribution in [0, 0.1) is 0 Å². The molecule has 2 N–H and O–H groups in total. The second-order valence-electron chi connectivity index (χ2n) is 7.55. The number of carbonyl (C=O) groups is 5. The van der Waals surface area contributed by atoms with Crippen molar-refractivity contribution in [2.45, 2.75) is 26.1 Å². The quantitative estimate of drug-likeness (QED) is 0.218. The molecule has 0 aliphatic heterocycles. The predicted octanol–water partition coefficient (Wildman–Crippen LogP) is 0.747. The lowest BCUT2D eigenvalue weighted by atomic mass is 10.1. The number of carbonyl (C=O) groups excluding carboxylic acids is 5. The first-order chi connectivity index (χ1) is 16.8. The molecular formula is C24H28O12. The molecule has 196 valence electrons. The highest BCUT2D eigenvalue weighted by Crippen LogP contribution is 2.15. The Morgan fingerprint density at radius 3 is 1.28 bits per heavy atom. The highest BCUT2D eigenvalue weighted by molar-refractivity contribution is 6.00. The number of benzene rings is 1. The number of methoxy groups -OCH3 is 1. The van der Waals surface area contributed by atoms with Gasteiger partial charge in [-0.2, -0.15) is 0 Å².